The SMILES string of the molecule is CNC(C)(C)c1nc(C(C)S(C)(=O)=O)no1. The van der Waals surface area contributed by atoms with Gasteiger partial charge in [-0.25, -0.2) is 8.42 Å². The van der Waals surface area contributed by atoms with Crippen LogP contribution in [0.1, 0.15) is 37.7 Å². The molecule has 0 bridgehead atoms. The highest BCUT2D eigenvalue weighted by molar-refractivity contribution is 7.90. The van der Waals surface area contributed by atoms with Crippen LogP contribution in [-0.4, -0.2) is 31.9 Å². The molecule has 0 aromatic carbocycles. The van der Waals surface area contributed by atoms with E-state index in [9.17, 15) is 8.42 Å². The van der Waals surface area contributed by atoms with E-state index >= 15 is 0 Å². The highest BCUT2D eigenvalue weighted by Gasteiger charge is 2.29. The Morgan fingerprint density at radius 1 is 1.44 bits per heavy atom. The van der Waals surface area contributed by atoms with Crippen molar-refractivity contribution in [2.24, 2.45) is 0 Å². The van der Waals surface area contributed by atoms with Crippen LogP contribution in [0, 0.1) is 0 Å². The van der Waals surface area contributed by atoms with Crippen LogP contribution >= 0.6 is 0 Å². The molecule has 92 valence electrons. The first-order valence-corrected chi connectivity index (χ1v) is 6.86. The summed E-state index contributed by atoms with van der Waals surface area (Å²) in [4.78, 5) is 4.10. The fourth-order valence-corrected chi connectivity index (χ4v) is 1.43. The lowest BCUT2D eigenvalue weighted by atomic mass is 10.1. The van der Waals surface area contributed by atoms with E-state index in [-0.39, 0.29) is 5.82 Å². The summed E-state index contributed by atoms with van der Waals surface area (Å²) < 4.78 is 27.7. The molecule has 1 rings (SSSR count). The Bertz CT molecular complexity index is 464. The van der Waals surface area contributed by atoms with Crippen molar-refractivity contribution in [3.05, 3.63) is 11.7 Å². The lowest BCUT2D eigenvalue weighted by molar-refractivity contribution is 0.279. The summed E-state index contributed by atoms with van der Waals surface area (Å²) in [5.41, 5.74) is -0.470. The molecule has 0 saturated carbocycles. The van der Waals surface area contributed by atoms with Gasteiger partial charge in [-0.1, -0.05) is 5.16 Å². The van der Waals surface area contributed by atoms with Gasteiger partial charge in [0, 0.05) is 6.26 Å². The summed E-state index contributed by atoms with van der Waals surface area (Å²) in [5, 5.41) is 5.94. The van der Waals surface area contributed by atoms with Crippen LogP contribution in [0.5, 0.6) is 0 Å². The predicted molar refractivity (Wildman–Crippen MR) is 59.6 cm³/mol. The van der Waals surface area contributed by atoms with Crippen LogP contribution in [0.25, 0.3) is 0 Å². The normalized spacial score (nSPS) is 15.1. The molecule has 0 aliphatic carbocycles. The topological polar surface area (TPSA) is 85.1 Å². The van der Waals surface area contributed by atoms with Gasteiger partial charge >= 0.3 is 0 Å². The third-order valence-electron chi connectivity index (χ3n) is 2.61. The van der Waals surface area contributed by atoms with Crippen molar-refractivity contribution >= 4 is 9.84 Å². The second-order valence-electron chi connectivity index (χ2n) is 4.30. The number of aromatic nitrogens is 2. The predicted octanol–water partition coefficient (Wildman–Crippen LogP) is 0.630. The Hall–Kier alpha value is -0.950. The molecule has 1 aromatic rings. The Balaban J connectivity index is 3.05. The smallest absolute Gasteiger partial charge is 0.246 e. The van der Waals surface area contributed by atoms with E-state index in [1.807, 2.05) is 13.8 Å². The van der Waals surface area contributed by atoms with Crippen molar-refractivity contribution in [2.45, 2.75) is 31.6 Å². The third kappa shape index (κ3) is 2.59. The number of hydrogen-bond acceptors (Lipinski definition) is 6. The van der Waals surface area contributed by atoms with Gasteiger partial charge in [0.1, 0.15) is 5.25 Å². The molecule has 6 nitrogen and oxygen atoms in total. The number of rotatable bonds is 4. The highest BCUT2D eigenvalue weighted by atomic mass is 32.2. The van der Waals surface area contributed by atoms with Crippen molar-refractivity contribution < 1.29 is 12.9 Å². The number of sulfone groups is 1. The van der Waals surface area contributed by atoms with Gasteiger partial charge in [-0.2, -0.15) is 4.98 Å². The summed E-state index contributed by atoms with van der Waals surface area (Å²) >= 11 is 0. The molecule has 1 atom stereocenters. The molecule has 1 N–H and O–H groups in total. The lowest BCUT2D eigenvalue weighted by Gasteiger charge is -2.17. The van der Waals surface area contributed by atoms with Crippen LogP contribution in [0.3, 0.4) is 0 Å². The maximum atomic E-state index is 11.3. The van der Waals surface area contributed by atoms with E-state index < -0.39 is 20.6 Å². The molecule has 1 aromatic heterocycles. The van der Waals surface area contributed by atoms with Crippen molar-refractivity contribution in [2.75, 3.05) is 13.3 Å². The van der Waals surface area contributed by atoms with Crippen LogP contribution in [-0.2, 0) is 15.4 Å². The van der Waals surface area contributed by atoms with Crippen LogP contribution < -0.4 is 5.32 Å². The van der Waals surface area contributed by atoms with Crippen LogP contribution in [0.15, 0.2) is 4.52 Å². The first kappa shape index (κ1) is 13.1. The molecule has 0 amide bonds. The zero-order valence-corrected chi connectivity index (χ0v) is 10.9. The Morgan fingerprint density at radius 2 is 2.00 bits per heavy atom. The first-order chi connectivity index (χ1) is 7.18. The van der Waals surface area contributed by atoms with Gasteiger partial charge in [-0.3, -0.25) is 0 Å². The Labute approximate surface area is 95.3 Å². The highest BCUT2D eigenvalue weighted by Crippen LogP contribution is 2.22. The number of nitrogens with one attached hydrogen (secondary N) is 1. The first-order valence-electron chi connectivity index (χ1n) is 4.90. The van der Waals surface area contributed by atoms with E-state index in [2.05, 4.69) is 15.5 Å². The zero-order valence-electron chi connectivity index (χ0n) is 10.1. The van der Waals surface area contributed by atoms with Gasteiger partial charge in [-0.05, 0) is 27.8 Å². The molecular formula is C9H17N3O3S. The molecule has 0 aliphatic heterocycles. The standard InChI is InChI=1S/C9H17N3O3S/c1-6(16(5,13)14)7-11-8(15-12-7)9(2,3)10-4/h6,10H,1-5H3. The van der Waals surface area contributed by atoms with E-state index in [1.165, 1.54) is 6.92 Å². The minimum atomic E-state index is -3.20. The molecule has 0 spiro atoms. The summed E-state index contributed by atoms with van der Waals surface area (Å²) in [6, 6.07) is 0. The molecule has 1 unspecified atom stereocenters. The van der Waals surface area contributed by atoms with Gasteiger partial charge in [0.15, 0.2) is 15.7 Å². The van der Waals surface area contributed by atoms with Crippen LogP contribution in [0.2, 0.25) is 0 Å². The van der Waals surface area contributed by atoms with Gasteiger partial charge in [0.25, 0.3) is 0 Å². The second-order valence-corrected chi connectivity index (χ2v) is 6.67. The van der Waals surface area contributed by atoms with E-state index in [1.54, 1.807) is 7.05 Å². The molecule has 1 heterocycles. The Kier molecular flexibility index (Phi) is 3.39. The maximum absolute atomic E-state index is 11.3. The van der Waals surface area contributed by atoms with Crippen molar-refractivity contribution in [3.8, 4) is 0 Å². The fraction of sp³-hybridized carbons (Fsp3) is 0.778. The van der Waals surface area contributed by atoms with Gasteiger partial charge in [-0.15, -0.1) is 0 Å². The van der Waals surface area contributed by atoms with Crippen molar-refractivity contribution in [1.29, 1.82) is 0 Å². The second kappa shape index (κ2) is 4.14. The van der Waals surface area contributed by atoms with Gasteiger partial charge in [0.05, 0.1) is 5.54 Å². The molecule has 0 fully saturated rings. The van der Waals surface area contributed by atoms with E-state index in [4.69, 9.17) is 4.52 Å². The fourth-order valence-electron chi connectivity index (χ4n) is 0.952. The summed E-state index contributed by atoms with van der Waals surface area (Å²) in [6.07, 6.45) is 1.15. The summed E-state index contributed by atoms with van der Waals surface area (Å²) in [5.74, 6) is 0.571. The molecule has 0 aliphatic rings. The monoisotopic (exact) mass is 247 g/mol. The molecule has 0 radical (unpaired) electrons. The molecule has 0 saturated heterocycles. The van der Waals surface area contributed by atoms with E-state index in [0.29, 0.717) is 5.89 Å². The minimum absolute atomic E-state index is 0.195. The molecule has 7 heteroatoms. The minimum Gasteiger partial charge on any atom is -0.337 e. The lowest BCUT2D eigenvalue weighted by Crippen LogP contribution is -2.33. The van der Waals surface area contributed by atoms with Crippen LogP contribution in [0.4, 0.5) is 0 Å². The quantitative estimate of drug-likeness (QED) is 0.840. The maximum Gasteiger partial charge on any atom is 0.246 e. The average molecular weight is 247 g/mol. The summed E-state index contributed by atoms with van der Waals surface area (Å²) in [7, 11) is -1.43. The summed E-state index contributed by atoms with van der Waals surface area (Å²) in [6.45, 7) is 5.28. The number of hydrogen-bond donors (Lipinski definition) is 1. The largest absolute Gasteiger partial charge is 0.337 e. The van der Waals surface area contributed by atoms with Crippen molar-refractivity contribution in [1.82, 2.24) is 15.5 Å². The van der Waals surface area contributed by atoms with Gasteiger partial charge < -0.3 is 9.84 Å². The number of nitrogens with zero attached hydrogens (tertiary/aromatic N) is 2. The van der Waals surface area contributed by atoms with Gasteiger partial charge in [0.2, 0.25) is 5.89 Å². The molecule has 16 heavy (non-hydrogen) atoms. The average Bonchev–Trinajstić information content (AvgIpc) is 2.64. The Morgan fingerprint density at radius 3 is 2.44 bits per heavy atom. The van der Waals surface area contributed by atoms with E-state index in [0.717, 1.165) is 6.26 Å². The molecular weight excluding hydrogens is 230 g/mol. The van der Waals surface area contributed by atoms with Crippen molar-refractivity contribution in [3.63, 3.8) is 0 Å². The zero-order chi connectivity index (χ0) is 12.6. The third-order valence-corrected chi connectivity index (χ3v) is 4.10.